The molecule has 0 aliphatic carbocycles. The Bertz CT molecular complexity index is 530. The molecule has 0 radical (unpaired) electrons. The van der Waals surface area contributed by atoms with Crippen molar-refractivity contribution in [1.82, 2.24) is 3.71 Å². The van der Waals surface area contributed by atoms with Gasteiger partial charge in [0, 0.05) is 0 Å². The van der Waals surface area contributed by atoms with Gasteiger partial charge in [-0.3, -0.25) is 0 Å². The summed E-state index contributed by atoms with van der Waals surface area (Å²) in [5.41, 5.74) is -12.9. The molecule has 0 aliphatic rings. The molecule has 0 spiro atoms. The van der Waals surface area contributed by atoms with Crippen LogP contribution in [0.15, 0.2) is 0 Å². The molecular weight excluding hydrogens is 348 g/mol. The molecule has 0 rings (SSSR count). The molecule has 20 heavy (non-hydrogen) atoms. The first-order chi connectivity index (χ1) is 8.60. The van der Waals surface area contributed by atoms with E-state index in [2.05, 4.69) is 4.74 Å². The highest BCUT2D eigenvalue weighted by atomic mass is 32.3. The number of carbonyl (C=O) groups excluding carboxylic acids is 1. The van der Waals surface area contributed by atoms with E-state index in [9.17, 15) is 48.0 Å². The van der Waals surface area contributed by atoms with Gasteiger partial charge in [0.15, 0.2) is 0 Å². The normalized spacial score (nSPS) is 13.9. The van der Waals surface area contributed by atoms with Gasteiger partial charge in [-0.15, -0.1) is 0 Å². The first-order valence-corrected chi connectivity index (χ1v) is 7.08. The Kier molecular flexibility index (Phi) is 4.94. The van der Waals surface area contributed by atoms with Crippen molar-refractivity contribution in [2.75, 3.05) is 6.61 Å². The van der Waals surface area contributed by atoms with Gasteiger partial charge < -0.3 is 4.74 Å². The van der Waals surface area contributed by atoms with Crippen molar-refractivity contribution in [2.24, 2.45) is 0 Å². The summed E-state index contributed by atoms with van der Waals surface area (Å²) in [6.07, 6.45) is -2.85. The molecule has 15 heteroatoms. The zero-order valence-electron chi connectivity index (χ0n) is 9.19. The molecule has 0 saturated carbocycles. The summed E-state index contributed by atoms with van der Waals surface area (Å²) in [6.45, 7) is 0.0343. The Morgan fingerprint density at radius 3 is 1.45 bits per heavy atom. The lowest BCUT2D eigenvalue weighted by Gasteiger charge is -2.22. The van der Waals surface area contributed by atoms with Gasteiger partial charge in [0.1, 0.15) is 0 Å². The van der Waals surface area contributed by atoms with E-state index < -0.39 is 47.5 Å². The largest absolute Gasteiger partial charge is 0.517 e. The summed E-state index contributed by atoms with van der Waals surface area (Å²) in [4.78, 5) is 10.9. The van der Waals surface area contributed by atoms with Gasteiger partial charge in [0.05, 0.1) is 6.61 Å². The lowest BCUT2D eigenvalue weighted by molar-refractivity contribution is -0.0528. The van der Waals surface area contributed by atoms with Crippen LogP contribution in [-0.2, 0) is 24.8 Å². The number of sulfonamides is 2. The van der Waals surface area contributed by atoms with E-state index in [1.54, 1.807) is 0 Å². The molecular formula is C5H5F6NO6S2. The van der Waals surface area contributed by atoms with Crippen LogP contribution < -0.4 is 0 Å². The third-order valence-electron chi connectivity index (χ3n) is 1.44. The minimum absolute atomic E-state index is 0.865. The van der Waals surface area contributed by atoms with Crippen LogP contribution in [-0.4, -0.2) is 44.3 Å². The first kappa shape index (κ1) is 18.8. The number of amides is 1. The van der Waals surface area contributed by atoms with Crippen LogP contribution >= 0.6 is 0 Å². The van der Waals surface area contributed by atoms with E-state index in [1.165, 1.54) is 0 Å². The van der Waals surface area contributed by atoms with Crippen molar-refractivity contribution in [3.8, 4) is 0 Å². The molecule has 0 aromatic rings. The van der Waals surface area contributed by atoms with Crippen LogP contribution in [0.5, 0.6) is 0 Å². The summed E-state index contributed by atoms with van der Waals surface area (Å²) in [5.74, 6) is 0. The maximum absolute atomic E-state index is 12.1. The maximum atomic E-state index is 12.1. The van der Waals surface area contributed by atoms with Crippen LogP contribution in [0.2, 0.25) is 0 Å². The van der Waals surface area contributed by atoms with Gasteiger partial charge in [-0.05, 0) is 6.92 Å². The minimum Gasteiger partial charge on any atom is -0.448 e. The number of hydrogen-bond donors (Lipinski definition) is 0. The average molecular weight is 353 g/mol. The van der Waals surface area contributed by atoms with Crippen LogP contribution in [0, 0.1) is 0 Å². The molecule has 0 atom stereocenters. The van der Waals surface area contributed by atoms with E-state index in [4.69, 9.17) is 0 Å². The lowest BCUT2D eigenvalue weighted by atomic mass is 10.9. The lowest BCUT2D eigenvalue weighted by Crippen LogP contribution is -2.52. The fourth-order valence-corrected chi connectivity index (χ4v) is 3.10. The highest BCUT2D eigenvalue weighted by Crippen LogP contribution is 2.35. The number of rotatable bonds is 3. The molecule has 0 saturated heterocycles. The summed E-state index contributed by atoms with van der Waals surface area (Å²) in [6, 6.07) is 0. The fraction of sp³-hybridized carbons (Fsp3) is 0.800. The average Bonchev–Trinajstić information content (AvgIpc) is 2.12. The van der Waals surface area contributed by atoms with Gasteiger partial charge in [-0.25, -0.2) is 4.79 Å². The summed E-state index contributed by atoms with van der Waals surface area (Å²) in [5, 5.41) is 0. The molecule has 120 valence electrons. The highest BCUT2D eigenvalue weighted by Gasteiger charge is 2.64. The predicted molar refractivity (Wildman–Crippen MR) is 48.8 cm³/mol. The molecule has 7 nitrogen and oxygen atoms in total. The van der Waals surface area contributed by atoms with Crippen LogP contribution in [0.25, 0.3) is 0 Å². The van der Waals surface area contributed by atoms with Crippen LogP contribution in [0.4, 0.5) is 31.1 Å². The molecule has 0 unspecified atom stereocenters. The second kappa shape index (κ2) is 5.27. The fourth-order valence-electron chi connectivity index (χ4n) is 0.690. The molecule has 0 aliphatic heterocycles. The Hall–Kier alpha value is -1.25. The Labute approximate surface area is 108 Å². The van der Waals surface area contributed by atoms with Crippen molar-refractivity contribution in [3.05, 3.63) is 0 Å². The second-order valence-electron chi connectivity index (χ2n) is 2.80. The summed E-state index contributed by atoms with van der Waals surface area (Å²) < 4.78 is 117. The smallest absolute Gasteiger partial charge is 0.448 e. The van der Waals surface area contributed by atoms with E-state index in [0.717, 1.165) is 6.92 Å². The van der Waals surface area contributed by atoms with Gasteiger partial charge in [0.25, 0.3) is 0 Å². The number of carbonyl (C=O) groups is 1. The quantitative estimate of drug-likeness (QED) is 0.706. The standard InChI is InChI=1S/C5H5F6NO6S2/c1-2-18-3(13)12(19(14,15)4(6,7)8)20(16,17)5(9,10)11/h2H2,1H3. The number of halogens is 6. The molecule has 0 bridgehead atoms. The number of nitrogens with zero attached hydrogens (tertiary/aromatic N) is 1. The maximum Gasteiger partial charge on any atom is 0.517 e. The van der Waals surface area contributed by atoms with Gasteiger partial charge >= 0.3 is 37.2 Å². The molecule has 0 aromatic carbocycles. The van der Waals surface area contributed by atoms with Crippen molar-refractivity contribution in [1.29, 1.82) is 0 Å². The molecule has 1 amide bonds. The SMILES string of the molecule is CCOC(=O)N(S(=O)(=O)C(F)(F)F)S(=O)(=O)C(F)(F)F. The number of ether oxygens (including phenoxy) is 1. The zero-order valence-corrected chi connectivity index (χ0v) is 10.8. The summed E-state index contributed by atoms with van der Waals surface area (Å²) in [7, 11) is -14.3. The molecule has 0 heterocycles. The second-order valence-corrected chi connectivity index (χ2v) is 6.59. The van der Waals surface area contributed by atoms with E-state index in [-0.39, 0.29) is 0 Å². The van der Waals surface area contributed by atoms with Crippen molar-refractivity contribution in [2.45, 2.75) is 17.9 Å². The van der Waals surface area contributed by atoms with Gasteiger partial charge in [0.2, 0.25) is 0 Å². The summed E-state index contributed by atoms with van der Waals surface area (Å²) >= 11 is 0. The van der Waals surface area contributed by atoms with Crippen molar-refractivity contribution < 1.29 is 52.7 Å². The van der Waals surface area contributed by atoms with E-state index in [1.807, 2.05) is 0 Å². The monoisotopic (exact) mass is 353 g/mol. The van der Waals surface area contributed by atoms with Crippen LogP contribution in [0.3, 0.4) is 0 Å². The third-order valence-corrected chi connectivity index (χ3v) is 4.96. The van der Waals surface area contributed by atoms with Crippen LogP contribution in [0.1, 0.15) is 6.92 Å². The number of alkyl halides is 6. The highest BCUT2D eigenvalue weighted by molar-refractivity contribution is 8.05. The van der Waals surface area contributed by atoms with Crippen molar-refractivity contribution >= 4 is 26.1 Å². The van der Waals surface area contributed by atoms with Crippen molar-refractivity contribution in [3.63, 3.8) is 0 Å². The Morgan fingerprint density at radius 2 is 1.25 bits per heavy atom. The first-order valence-electron chi connectivity index (χ1n) is 4.20. The van der Waals surface area contributed by atoms with E-state index in [0.29, 0.717) is 0 Å². The molecule has 0 fully saturated rings. The molecule has 0 aromatic heterocycles. The Morgan fingerprint density at radius 1 is 0.950 bits per heavy atom. The molecule has 0 N–H and O–H groups in total. The zero-order chi connectivity index (χ0) is 16.6. The minimum atomic E-state index is -7.15. The number of hydrogen-bond acceptors (Lipinski definition) is 6. The predicted octanol–water partition coefficient (Wildman–Crippen LogP) is 1.14. The third kappa shape index (κ3) is 3.25. The van der Waals surface area contributed by atoms with Gasteiger partial charge in [-0.1, -0.05) is 3.71 Å². The van der Waals surface area contributed by atoms with Gasteiger partial charge in [-0.2, -0.15) is 43.2 Å². The van der Waals surface area contributed by atoms with E-state index >= 15 is 0 Å². The Balaban J connectivity index is 6.27. The topological polar surface area (TPSA) is 97.8 Å².